The van der Waals surface area contributed by atoms with Gasteiger partial charge in [-0.2, -0.15) is 13.2 Å². The highest BCUT2D eigenvalue weighted by molar-refractivity contribution is 7.98. The van der Waals surface area contributed by atoms with Crippen molar-refractivity contribution in [3.8, 4) is 0 Å². The molecule has 112 valence electrons. The number of hydrogen-bond donors (Lipinski definition) is 1. The summed E-state index contributed by atoms with van der Waals surface area (Å²) >= 11 is 1.53. The van der Waals surface area contributed by atoms with Crippen molar-refractivity contribution >= 4 is 11.8 Å². The Balaban J connectivity index is 2.14. The first-order valence-electron chi connectivity index (χ1n) is 6.39. The predicted octanol–water partition coefficient (Wildman–Crippen LogP) is 4.70. The van der Waals surface area contributed by atoms with Gasteiger partial charge in [0.2, 0.25) is 0 Å². The van der Waals surface area contributed by atoms with Gasteiger partial charge in [-0.05, 0) is 35.6 Å². The van der Waals surface area contributed by atoms with Gasteiger partial charge in [0.1, 0.15) is 0 Å². The van der Waals surface area contributed by atoms with Crippen LogP contribution < -0.4 is 0 Å². The highest BCUT2D eigenvalue weighted by Crippen LogP contribution is 2.31. The van der Waals surface area contributed by atoms with Gasteiger partial charge in [-0.25, -0.2) is 0 Å². The summed E-state index contributed by atoms with van der Waals surface area (Å²) in [5.41, 5.74) is 0.793. The van der Waals surface area contributed by atoms with E-state index < -0.39 is 17.8 Å². The Morgan fingerprint density at radius 3 is 2.24 bits per heavy atom. The molecule has 0 aromatic heterocycles. The standard InChI is InChI=1S/C16H15F3OS/c1-21-15-5-3-2-4-13(15)14(20)10-11-6-8-12(9-7-11)16(17,18)19/h2-9,14,20H,10H2,1H3. The Morgan fingerprint density at radius 1 is 1.05 bits per heavy atom. The first-order chi connectivity index (χ1) is 9.91. The van der Waals surface area contributed by atoms with Crippen molar-refractivity contribution in [1.29, 1.82) is 0 Å². The van der Waals surface area contributed by atoms with Gasteiger partial charge in [-0.3, -0.25) is 0 Å². The molecule has 0 aliphatic rings. The smallest absolute Gasteiger partial charge is 0.388 e. The molecule has 0 aliphatic heterocycles. The third-order valence-electron chi connectivity index (χ3n) is 3.21. The maximum absolute atomic E-state index is 12.5. The van der Waals surface area contributed by atoms with Crippen molar-refractivity contribution in [2.75, 3.05) is 6.26 Å². The van der Waals surface area contributed by atoms with Crippen LogP contribution >= 0.6 is 11.8 Å². The van der Waals surface area contributed by atoms with Crippen LogP contribution in [0.1, 0.15) is 22.8 Å². The van der Waals surface area contributed by atoms with Crippen molar-refractivity contribution in [2.24, 2.45) is 0 Å². The topological polar surface area (TPSA) is 20.2 Å². The monoisotopic (exact) mass is 312 g/mol. The first kappa shape index (κ1) is 15.9. The van der Waals surface area contributed by atoms with Crippen LogP contribution in [0.15, 0.2) is 53.4 Å². The molecule has 0 heterocycles. The molecule has 21 heavy (non-hydrogen) atoms. The van der Waals surface area contributed by atoms with Gasteiger partial charge in [0, 0.05) is 11.3 Å². The number of aliphatic hydroxyl groups excluding tert-OH is 1. The number of hydrogen-bond acceptors (Lipinski definition) is 2. The van der Waals surface area contributed by atoms with Crippen molar-refractivity contribution in [2.45, 2.75) is 23.6 Å². The minimum absolute atomic E-state index is 0.287. The Bertz CT molecular complexity index is 593. The fourth-order valence-corrected chi connectivity index (χ4v) is 2.76. The van der Waals surface area contributed by atoms with Crippen LogP contribution in [0.5, 0.6) is 0 Å². The molecule has 0 saturated carbocycles. The lowest BCUT2D eigenvalue weighted by atomic mass is 10.0. The van der Waals surface area contributed by atoms with E-state index in [0.29, 0.717) is 5.56 Å². The van der Waals surface area contributed by atoms with Crippen LogP contribution in [0, 0.1) is 0 Å². The molecule has 0 amide bonds. The minimum atomic E-state index is -4.33. The van der Waals surface area contributed by atoms with E-state index in [-0.39, 0.29) is 6.42 Å². The lowest BCUT2D eigenvalue weighted by Crippen LogP contribution is -2.06. The number of halogens is 3. The summed E-state index contributed by atoms with van der Waals surface area (Å²) in [5.74, 6) is 0. The Kier molecular flexibility index (Phi) is 4.96. The van der Waals surface area contributed by atoms with Gasteiger partial charge in [0.05, 0.1) is 11.7 Å². The van der Waals surface area contributed by atoms with Crippen LogP contribution in [0.4, 0.5) is 13.2 Å². The predicted molar refractivity (Wildman–Crippen MR) is 78.3 cm³/mol. The van der Waals surface area contributed by atoms with E-state index in [1.165, 1.54) is 23.9 Å². The van der Waals surface area contributed by atoms with Crippen molar-refractivity contribution in [3.05, 3.63) is 65.2 Å². The van der Waals surface area contributed by atoms with Crippen LogP contribution in [0.3, 0.4) is 0 Å². The molecule has 0 aliphatic carbocycles. The lowest BCUT2D eigenvalue weighted by Gasteiger charge is -2.15. The molecule has 1 N–H and O–H groups in total. The quantitative estimate of drug-likeness (QED) is 0.826. The second-order valence-corrected chi connectivity index (χ2v) is 5.50. The summed E-state index contributed by atoms with van der Waals surface area (Å²) in [6.45, 7) is 0. The largest absolute Gasteiger partial charge is 0.416 e. The van der Waals surface area contributed by atoms with Gasteiger partial charge in [0.25, 0.3) is 0 Å². The SMILES string of the molecule is CSc1ccccc1C(O)Cc1ccc(C(F)(F)F)cc1. The molecular formula is C16H15F3OS. The molecule has 1 unspecified atom stereocenters. The Labute approximate surface area is 125 Å². The average Bonchev–Trinajstić information content (AvgIpc) is 2.46. The second-order valence-electron chi connectivity index (χ2n) is 4.66. The summed E-state index contributed by atoms with van der Waals surface area (Å²) in [6.07, 6.45) is -2.85. The summed E-state index contributed by atoms with van der Waals surface area (Å²) in [6, 6.07) is 12.4. The van der Waals surface area contributed by atoms with Gasteiger partial charge < -0.3 is 5.11 Å². The maximum Gasteiger partial charge on any atom is 0.416 e. The van der Waals surface area contributed by atoms with Crippen LogP contribution in [0.2, 0.25) is 0 Å². The molecule has 0 radical (unpaired) electrons. The van der Waals surface area contributed by atoms with Crippen LogP contribution in [-0.2, 0) is 12.6 Å². The summed E-state index contributed by atoms with van der Waals surface area (Å²) in [4.78, 5) is 0.969. The molecule has 2 aromatic carbocycles. The van der Waals surface area contributed by atoms with E-state index in [1.807, 2.05) is 30.5 Å². The minimum Gasteiger partial charge on any atom is -0.388 e. The third-order valence-corrected chi connectivity index (χ3v) is 4.02. The van der Waals surface area contributed by atoms with Crippen molar-refractivity contribution < 1.29 is 18.3 Å². The first-order valence-corrected chi connectivity index (χ1v) is 7.61. The van der Waals surface area contributed by atoms with Gasteiger partial charge >= 0.3 is 6.18 Å². The molecule has 2 rings (SSSR count). The number of alkyl halides is 3. The number of thioether (sulfide) groups is 1. The van der Waals surface area contributed by atoms with Crippen molar-refractivity contribution in [1.82, 2.24) is 0 Å². The Hall–Kier alpha value is -1.46. The molecule has 5 heteroatoms. The van der Waals surface area contributed by atoms with E-state index in [0.717, 1.165) is 22.6 Å². The highest BCUT2D eigenvalue weighted by Gasteiger charge is 2.30. The van der Waals surface area contributed by atoms with E-state index >= 15 is 0 Å². The lowest BCUT2D eigenvalue weighted by molar-refractivity contribution is -0.137. The summed E-state index contributed by atoms with van der Waals surface area (Å²) in [7, 11) is 0. The zero-order valence-electron chi connectivity index (χ0n) is 11.4. The fraction of sp³-hybridized carbons (Fsp3) is 0.250. The number of benzene rings is 2. The van der Waals surface area contributed by atoms with Crippen LogP contribution in [-0.4, -0.2) is 11.4 Å². The van der Waals surface area contributed by atoms with E-state index in [1.54, 1.807) is 0 Å². The van der Waals surface area contributed by atoms with Gasteiger partial charge in [-0.15, -0.1) is 11.8 Å². The molecule has 0 fully saturated rings. The average molecular weight is 312 g/mol. The van der Waals surface area contributed by atoms with Gasteiger partial charge in [0.15, 0.2) is 0 Å². The van der Waals surface area contributed by atoms with E-state index in [4.69, 9.17) is 0 Å². The maximum atomic E-state index is 12.5. The molecule has 0 spiro atoms. The zero-order valence-corrected chi connectivity index (χ0v) is 12.2. The molecule has 0 bridgehead atoms. The summed E-state index contributed by atoms with van der Waals surface area (Å²) < 4.78 is 37.5. The normalized spacial score (nSPS) is 13.2. The van der Waals surface area contributed by atoms with E-state index in [2.05, 4.69) is 0 Å². The number of rotatable bonds is 4. The van der Waals surface area contributed by atoms with Gasteiger partial charge in [-0.1, -0.05) is 30.3 Å². The Morgan fingerprint density at radius 2 is 1.67 bits per heavy atom. The van der Waals surface area contributed by atoms with Crippen LogP contribution in [0.25, 0.3) is 0 Å². The summed E-state index contributed by atoms with van der Waals surface area (Å²) in [5, 5.41) is 10.3. The van der Waals surface area contributed by atoms with Crippen molar-refractivity contribution in [3.63, 3.8) is 0 Å². The molecule has 2 aromatic rings. The molecule has 1 nitrogen and oxygen atoms in total. The highest BCUT2D eigenvalue weighted by atomic mass is 32.2. The molecule has 1 atom stereocenters. The molecular weight excluding hydrogens is 297 g/mol. The third kappa shape index (κ3) is 4.02. The fourth-order valence-electron chi connectivity index (χ4n) is 2.10. The van der Waals surface area contributed by atoms with E-state index in [9.17, 15) is 18.3 Å². The molecule has 0 saturated heterocycles. The second kappa shape index (κ2) is 6.54. The number of aliphatic hydroxyl groups is 1. The zero-order chi connectivity index (χ0) is 15.5.